The lowest BCUT2D eigenvalue weighted by Gasteiger charge is -2.18. The third kappa shape index (κ3) is 3.44. The topological polar surface area (TPSA) is 26.3 Å². The maximum absolute atomic E-state index is 6.85. The van der Waals surface area contributed by atoms with E-state index < -0.39 is 0 Å². The van der Waals surface area contributed by atoms with E-state index in [1.165, 1.54) is 63.8 Å². The molecule has 0 aliphatic carbocycles. The largest absolute Gasteiger partial charge is 0.456 e. The molecule has 0 radical (unpaired) electrons. The van der Waals surface area contributed by atoms with Gasteiger partial charge in [0, 0.05) is 52.8 Å². The van der Waals surface area contributed by atoms with Crippen molar-refractivity contribution < 1.29 is 8.83 Å². The lowest BCUT2D eigenvalue weighted by atomic mass is 9.85. The molecule has 2 nitrogen and oxygen atoms in total. The molecule has 0 aliphatic heterocycles. The Morgan fingerprint density at radius 2 is 0.979 bits per heavy atom. The van der Waals surface area contributed by atoms with Crippen molar-refractivity contribution in [3.05, 3.63) is 146 Å². The minimum atomic E-state index is 0.907. The molecular weight excluding hydrogens is 593 g/mol. The minimum absolute atomic E-state index is 0.907. The van der Waals surface area contributed by atoms with Crippen molar-refractivity contribution in [1.29, 1.82) is 0 Å². The van der Waals surface area contributed by atoms with Gasteiger partial charge in [0.15, 0.2) is 0 Å². The number of benzene rings is 8. The maximum Gasteiger partial charge on any atom is 0.143 e. The molecule has 0 fully saturated rings. The fraction of sp³-hybridized carbons (Fsp3) is 0. The van der Waals surface area contributed by atoms with E-state index in [9.17, 15) is 0 Å². The molecule has 218 valence electrons. The highest BCUT2D eigenvalue weighted by molar-refractivity contribution is 7.26. The van der Waals surface area contributed by atoms with Gasteiger partial charge in [-0.3, -0.25) is 0 Å². The summed E-state index contributed by atoms with van der Waals surface area (Å²) in [5, 5.41) is 12.0. The summed E-state index contributed by atoms with van der Waals surface area (Å²) in [7, 11) is 0. The van der Waals surface area contributed by atoms with Crippen LogP contribution < -0.4 is 0 Å². The van der Waals surface area contributed by atoms with Gasteiger partial charge in [0.25, 0.3) is 0 Å². The Hall–Kier alpha value is -5.90. The molecule has 0 bridgehead atoms. The zero-order valence-corrected chi connectivity index (χ0v) is 25.9. The van der Waals surface area contributed by atoms with Gasteiger partial charge < -0.3 is 8.83 Å². The Bertz CT molecular complexity index is 3020. The second-order valence-electron chi connectivity index (χ2n) is 12.3. The van der Waals surface area contributed by atoms with Crippen LogP contribution in [0.1, 0.15) is 0 Å². The van der Waals surface area contributed by atoms with E-state index in [0.29, 0.717) is 0 Å². The highest BCUT2D eigenvalue weighted by Crippen LogP contribution is 2.49. The van der Waals surface area contributed by atoms with Crippen molar-refractivity contribution in [3.63, 3.8) is 0 Å². The lowest BCUT2D eigenvalue weighted by molar-refractivity contribution is 0.669. The molecule has 3 aromatic heterocycles. The van der Waals surface area contributed by atoms with Gasteiger partial charge in [0.2, 0.25) is 0 Å². The quantitative estimate of drug-likeness (QED) is 0.181. The van der Waals surface area contributed by atoms with Gasteiger partial charge in [-0.2, -0.15) is 0 Å². The fourth-order valence-electron chi connectivity index (χ4n) is 7.91. The normalized spacial score (nSPS) is 12.3. The SMILES string of the molecule is c1ccc2c(c1)oc1ccc(-c3c4ccccc4c(-c4cccc5c4oc4ccc6sc7ccccc7c6c45)c4ccccc34)cc12. The highest BCUT2D eigenvalue weighted by atomic mass is 32.1. The number of furan rings is 2. The number of thiophene rings is 1. The van der Waals surface area contributed by atoms with Crippen molar-refractivity contribution >= 4 is 96.9 Å². The maximum atomic E-state index is 6.85. The molecule has 0 aliphatic rings. The molecule has 3 heterocycles. The fourth-order valence-corrected chi connectivity index (χ4v) is 9.03. The Morgan fingerprint density at radius 3 is 1.77 bits per heavy atom. The summed E-state index contributed by atoms with van der Waals surface area (Å²) >= 11 is 1.85. The summed E-state index contributed by atoms with van der Waals surface area (Å²) in [6, 6.07) is 52.3. The first kappa shape index (κ1) is 25.3. The van der Waals surface area contributed by atoms with E-state index in [2.05, 4.69) is 133 Å². The van der Waals surface area contributed by atoms with Crippen LogP contribution >= 0.6 is 11.3 Å². The molecule has 8 aromatic carbocycles. The Labute approximate surface area is 272 Å². The molecule has 0 amide bonds. The number of hydrogen-bond acceptors (Lipinski definition) is 3. The Balaban J connectivity index is 1.25. The Kier molecular flexibility index (Phi) is 5.02. The number of rotatable bonds is 2. The molecule has 47 heavy (non-hydrogen) atoms. The zero-order chi connectivity index (χ0) is 30.6. The van der Waals surface area contributed by atoms with Crippen LogP contribution in [0.3, 0.4) is 0 Å². The molecule has 0 saturated carbocycles. The van der Waals surface area contributed by atoms with Crippen molar-refractivity contribution in [2.75, 3.05) is 0 Å². The van der Waals surface area contributed by atoms with E-state index >= 15 is 0 Å². The average molecular weight is 617 g/mol. The van der Waals surface area contributed by atoms with Crippen LogP contribution in [0.4, 0.5) is 0 Å². The zero-order valence-electron chi connectivity index (χ0n) is 25.1. The molecule has 0 N–H and O–H groups in total. The van der Waals surface area contributed by atoms with E-state index in [4.69, 9.17) is 8.83 Å². The number of para-hydroxylation sites is 2. The first-order chi connectivity index (χ1) is 23.3. The van der Waals surface area contributed by atoms with Crippen LogP contribution in [-0.2, 0) is 0 Å². The summed E-state index contributed by atoms with van der Waals surface area (Å²) in [5.74, 6) is 0. The standard InChI is InChI=1S/C44H24O2S/c1-3-13-29-27(11-1)40(25-20-21-36-34(24-25)26-10-5-7-18-35(26)45-36)28-12-2-4-14-30(28)41(29)32-16-9-17-33-42-37(46-44(32)33)22-23-39-43(42)31-15-6-8-19-38(31)47-39/h1-24H. The summed E-state index contributed by atoms with van der Waals surface area (Å²) in [5.41, 5.74) is 8.40. The van der Waals surface area contributed by atoms with Crippen LogP contribution in [-0.4, -0.2) is 0 Å². The third-order valence-electron chi connectivity index (χ3n) is 9.87. The first-order valence-electron chi connectivity index (χ1n) is 15.9. The van der Waals surface area contributed by atoms with Crippen molar-refractivity contribution in [2.24, 2.45) is 0 Å². The minimum Gasteiger partial charge on any atom is -0.456 e. The van der Waals surface area contributed by atoms with Crippen LogP contribution in [0.15, 0.2) is 154 Å². The van der Waals surface area contributed by atoms with Crippen LogP contribution in [0.5, 0.6) is 0 Å². The predicted octanol–water partition coefficient (Wildman–Crippen LogP) is 13.5. The summed E-state index contributed by atoms with van der Waals surface area (Å²) in [6.45, 7) is 0. The highest BCUT2D eigenvalue weighted by Gasteiger charge is 2.22. The van der Waals surface area contributed by atoms with E-state index in [0.717, 1.165) is 44.1 Å². The first-order valence-corrected chi connectivity index (χ1v) is 16.7. The van der Waals surface area contributed by atoms with Gasteiger partial charge in [-0.15, -0.1) is 11.3 Å². The summed E-state index contributed by atoms with van der Waals surface area (Å²) in [6.07, 6.45) is 0. The summed E-state index contributed by atoms with van der Waals surface area (Å²) < 4.78 is 15.6. The third-order valence-corrected chi connectivity index (χ3v) is 11.0. The monoisotopic (exact) mass is 616 g/mol. The second kappa shape index (κ2) is 9.32. The van der Waals surface area contributed by atoms with Gasteiger partial charge in [-0.05, 0) is 69.1 Å². The van der Waals surface area contributed by atoms with E-state index in [-0.39, 0.29) is 0 Å². The van der Waals surface area contributed by atoms with E-state index in [1.54, 1.807) is 0 Å². The van der Waals surface area contributed by atoms with Gasteiger partial charge in [0.05, 0.1) is 0 Å². The van der Waals surface area contributed by atoms with Crippen molar-refractivity contribution in [2.45, 2.75) is 0 Å². The van der Waals surface area contributed by atoms with Gasteiger partial charge in [-0.1, -0.05) is 109 Å². The summed E-state index contributed by atoms with van der Waals surface area (Å²) in [4.78, 5) is 0. The lowest BCUT2D eigenvalue weighted by Crippen LogP contribution is -1.91. The molecule has 0 saturated heterocycles. The van der Waals surface area contributed by atoms with E-state index in [1.807, 2.05) is 23.5 Å². The van der Waals surface area contributed by atoms with Crippen molar-refractivity contribution in [1.82, 2.24) is 0 Å². The molecule has 3 heteroatoms. The van der Waals surface area contributed by atoms with Crippen LogP contribution in [0.2, 0.25) is 0 Å². The van der Waals surface area contributed by atoms with Crippen molar-refractivity contribution in [3.8, 4) is 22.3 Å². The smallest absolute Gasteiger partial charge is 0.143 e. The average Bonchev–Trinajstić information content (AvgIpc) is 3.81. The second-order valence-corrected chi connectivity index (χ2v) is 13.4. The number of fused-ring (bicyclic) bond motifs is 12. The van der Waals surface area contributed by atoms with Gasteiger partial charge in [-0.25, -0.2) is 0 Å². The van der Waals surface area contributed by atoms with Crippen LogP contribution in [0, 0.1) is 0 Å². The van der Waals surface area contributed by atoms with Crippen LogP contribution in [0.25, 0.3) is 108 Å². The predicted molar refractivity (Wildman–Crippen MR) is 200 cm³/mol. The van der Waals surface area contributed by atoms with Gasteiger partial charge >= 0.3 is 0 Å². The molecule has 11 rings (SSSR count). The molecule has 0 atom stereocenters. The molecule has 0 spiro atoms. The molecular formula is C44H24O2S. The molecule has 0 unspecified atom stereocenters. The number of hydrogen-bond donors (Lipinski definition) is 0. The molecule has 11 aromatic rings. The van der Waals surface area contributed by atoms with Gasteiger partial charge in [0.1, 0.15) is 22.3 Å². The Morgan fingerprint density at radius 1 is 0.362 bits per heavy atom.